The minimum Gasteiger partial charge on any atom is -0.410 e. The molecule has 3 aromatic heterocycles. The predicted octanol–water partition coefficient (Wildman–Crippen LogP) is 3.89. The Bertz CT molecular complexity index is 762. The zero-order valence-electron chi connectivity index (χ0n) is 12.5. The molecule has 0 saturated heterocycles. The highest BCUT2D eigenvalue weighted by molar-refractivity contribution is 7.99. The second-order valence-corrected chi connectivity index (χ2v) is 6.10. The summed E-state index contributed by atoms with van der Waals surface area (Å²) in [6.07, 6.45) is 4.36. The summed E-state index contributed by atoms with van der Waals surface area (Å²) in [5, 5.41) is 8.92. The van der Waals surface area contributed by atoms with Crippen LogP contribution in [0.5, 0.6) is 0 Å². The molecule has 0 atom stereocenters. The first-order valence-electron chi connectivity index (χ1n) is 7.11. The van der Waals surface area contributed by atoms with Crippen molar-refractivity contribution < 1.29 is 4.42 Å². The molecule has 0 aromatic carbocycles. The molecule has 0 unspecified atom stereocenters. The highest BCUT2D eigenvalue weighted by atomic mass is 32.2. The molecule has 0 aliphatic heterocycles. The van der Waals surface area contributed by atoms with Crippen molar-refractivity contribution in [2.45, 2.75) is 38.8 Å². The van der Waals surface area contributed by atoms with Crippen LogP contribution in [0, 0.1) is 13.8 Å². The van der Waals surface area contributed by atoms with Crippen LogP contribution >= 0.6 is 11.8 Å². The Balaban J connectivity index is 1.96. The Morgan fingerprint density at radius 1 is 1.24 bits per heavy atom. The molecule has 3 aromatic rings. The van der Waals surface area contributed by atoms with Crippen molar-refractivity contribution in [3.8, 4) is 11.6 Å². The van der Waals surface area contributed by atoms with E-state index in [0.29, 0.717) is 11.1 Å². The van der Waals surface area contributed by atoms with Gasteiger partial charge in [0.15, 0.2) is 0 Å². The number of imidazole rings is 1. The molecular formula is C15H18N4OS. The molecule has 3 heterocycles. The van der Waals surface area contributed by atoms with Gasteiger partial charge in [-0.3, -0.25) is 4.40 Å². The van der Waals surface area contributed by atoms with E-state index in [9.17, 15) is 0 Å². The fraction of sp³-hybridized carbons (Fsp3) is 0.400. The standard InChI is InChI=1S/C15H18N4OS/c1-4-5-8-21-15-18-17-14(20-15)13-11(3)16-12-7-6-10(2)9-19(12)13/h6-7,9H,4-5,8H2,1-3H3. The molecule has 0 spiro atoms. The molecular weight excluding hydrogens is 284 g/mol. The van der Waals surface area contributed by atoms with Gasteiger partial charge in [-0.15, -0.1) is 10.2 Å². The van der Waals surface area contributed by atoms with E-state index in [1.807, 2.05) is 29.7 Å². The number of nitrogens with zero attached hydrogens (tertiary/aromatic N) is 4. The van der Waals surface area contributed by atoms with Crippen molar-refractivity contribution in [2.24, 2.45) is 0 Å². The van der Waals surface area contributed by atoms with Gasteiger partial charge < -0.3 is 4.42 Å². The van der Waals surface area contributed by atoms with Gasteiger partial charge in [0.05, 0.1) is 5.69 Å². The summed E-state index contributed by atoms with van der Waals surface area (Å²) >= 11 is 1.61. The molecule has 0 amide bonds. The molecule has 0 bridgehead atoms. The lowest BCUT2D eigenvalue weighted by atomic mass is 10.3. The zero-order chi connectivity index (χ0) is 14.8. The van der Waals surface area contributed by atoms with Crippen LogP contribution in [0.2, 0.25) is 0 Å². The third kappa shape index (κ3) is 2.81. The normalized spacial score (nSPS) is 11.4. The Hall–Kier alpha value is -1.82. The van der Waals surface area contributed by atoms with Crippen LogP contribution in [0.3, 0.4) is 0 Å². The number of hydrogen-bond acceptors (Lipinski definition) is 5. The van der Waals surface area contributed by atoms with Crippen molar-refractivity contribution in [1.82, 2.24) is 19.6 Å². The largest absolute Gasteiger partial charge is 0.410 e. The lowest BCUT2D eigenvalue weighted by molar-refractivity contribution is 0.464. The van der Waals surface area contributed by atoms with E-state index < -0.39 is 0 Å². The van der Waals surface area contributed by atoms with E-state index in [-0.39, 0.29) is 0 Å². The summed E-state index contributed by atoms with van der Waals surface area (Å²) in [7, 11) is 0. The maximum atomic E-state index is 5.78. The second-order valence-electron chi connectivity index (χ2n) is 5.06. The molecule has 0 N–H and O–H groups in total. The van der Waals surface area contributed by atoms with Crippen molar-refractivity contribution in [2.75, 3.05) is 5.75 Å². The first kappa shape index (κ1) is 14.1. The second kappa shape index (κ2) is 5.89. The van der Waals surface area contributed by atoms with Crippen LogP contribution in [0.4, 0.5) is 0 Å². The fourth-order valence-electron chi connectivity index (χ4n) is 2.19. The zero-order valence-corrected chi connectivity index (χ0v) is 13.3. The fourth-order valence-corrected chi connectivity index (χ4v) is 3.04. The number of thioether (sulfide) groups is 1. The summed E-state index contributed by atoms with van der Waals surface area (Å²) in [4.78, 5) is 4.54. The average Bonchev–Trinajstić information content (AvgIpc) is 3.02. The minimum atomic E-state index is 0.532. The first-order chi connectivity index (χ1) is 10.2. The van der Waals surface area contributed by atoms with Crippen molar-refractivity contribution in [1.29, 1.82) is 0 Å². The average molecular weight is 302 g/mol. The van der Waals surface area contributed by atoms with E-state index in [1.54, 1.807) is 11.8 Å². The molecule has 0 fully saturated rings. The van der Waals surface area contributed by atoms with E-state index >= 15 is 0 Å². The lowest BCUT2D eigenvalue weighted by Crippen LogP contribution is -1.90. The maximum Gasteiger partial charge on any atom is 0.276 e. The third-order valence-corrected chi connectivity index (χ3v) is 4.18. The van der Waals surface area contributed by atoms with E-state index in [2.05, 4.69) is 29.0 Å². The summed E-state index contributed by atoms with van der Waals surface area (Å²) in [5.74, 6) is 1.54. The van der Waals surface area contributed by atoms with Gasteiger partial charge in [-0.05, 0) is 31.9 Å². The number of pyridine rings is 1. The Kier molecular flexibility index (Phi) is 3.96. The number of fused-ring (bicyclic) bond motifs is 1. The number of aryl methyl sites for hydroxylation is 2. The number of aromatic nitrogens is 4. The molecule has 6 heteroatoms. The van der Waals surface area contributed by atoms with E-state index in [1.165, 1.54) is 12.0 Å². The van der Waals surface area contributed by atoms with Crippen molar-refractivity contribution >= 4 is 17.4 Å². The van der Waals surface area contributed by atoms with Gasteiger partial charge in [0, 0.05) is 11.9 Å². The Morgan fingerprint density at radius 3 is 2.90 bits per heavy atom. The first-order valence-corrected chi connectivity index (χ1v) is 8.09. The van der Waals surface area contributed by atoms with Gasteiger partial charge in [-0.25, -0.2) is 4.98 Å². The number of hydrogen-bond donors (Lipinski definition) is 0. The maximum absolute atomic E-state index is 5.78. The van der Waals surface area contributed by atoms with Crippen molar-refractivity contribution in [3.63, 3.8) is 0 Å². The molecule has 21 heavy (non-hydrogen) atoms. The molecule has 0 saturated carbocycles. The van der Waals surface area contributed by atoms with Crippen molar-refractivity contribution in [3.05, 3.63) is 29.6 Å². The van der Waals surface area contributed by atoms with Crippen LogP contribution in [-0.2, 0) is 0 Å². The smallest absolute Gasteiger partial charge is 0.276 e. The van der Waals surface area contributed by atoms with Crippen LogP contribution in [0.15, 0.2) is 28.0 Å². The topological polar surface area (TPSA) is 56.2 Å². The highest BCUT2D eigenvalue weighted by Crippen LogP contribution is 2.27. The SMILES string of the molecule is CCCCSc1nnc(-c2c(C)nc3ccc(C)cn23)o1. The monoisotopic (exact) mass is 302 g/mol. The molecule has 5 nitrogen and oxygen atoms in total. The van der Waals surface area contributed by atoms with Gasteiger partial charge in [-0.2, -0.15) is 0 Å². The third-order valence-electron chi connectivity index (χ3n) is 3.27. The summed E-state index contributed by atoms with van der Waals surface area (Å²) in [6, 6.07) is 4.05. The minimum absolute atomic E-state index is 0.532. The molecule has 0 aliphatic carbocycles. The quantitative estimate of drug-likeness (QED) is 0.528. The Labute approximate surface area is 127 Å². The predicted molar refractivity (Wildman–Crippen MR) is 83.6 cm³/mol. The Morgan fingerprint density at radius 2 is 2.10 bits per heavy atom. The highest BCUT2D eigenvalue weighted by Gasteiger charge is 2.17. The van der Waals surface area contributed by atoms with Crippen LogP contribution in [0.25, 0.3) is 17.2 Å². The van der Waals surface area contributed by atoms with Gasteiger partial charge >= 0.3 is 0 Å². The van der Waals surface area contributed by atoms with E-state index in [0.717, 1.165) is 29.2 Å². The van der Waals surface area contributed by atoms with Gasteiger partial charge in [-0.1, -0.05) is 31.2 Å². The van der Waals surface area contributed by atoms with Crippen LogP contribution < -0.4 is 0 Å². The summed E-state index contributed by atoms with van der Waals surface area (Å²) < 4.78 is 7.80. The number of rotatable bonds is 5. The molecule has 0 aliphatic rings. The summed E-state index contributed by atoms with van der Waals surface area (Å²) in [5.41, 5.74) is 3.84. The lowest BCUT2D eigenvalue weighted by Gasteiger charge is -1.99. The van der Waals surface area contributed by atoms with Gasteiger partial charge in [0.25, 0.3) is 11.1 Å². The van der Waals surface area contributed by atoms with Gasteiger partial charge in [0.1, 0.15) is 11.3 Å². The molecule has 110 valence electrons. The van der Waals surface area contributed by atoms with E-state index in [4.69, 9.17) is 4.42 Å². The van der Waals surface area contributed by atoms with Crippen LogP contribution in [-0.4, -0.2) is 25.3 Å². The van der Waals surface area contributed by atoms with Gasteiger partial charge in [0.2, 0.25) is 0 Å². The molecule has 3 rings (SSSR count). The number of unbranched alkanes of at least 4 members (excludes halogenated alkanes) is 1. The summed E-state index contributed by atoms with van der Waals surface area (Å²) in [6.45, 7) is 6.19. The molecule has 0 radical (unpaired) electrons. The van der Waals surface area contributed by atoms with Crippen LogP contribution in [0.1, 0.15) is 31.0 Å².